The van der Waals surface area contributed by atoms with E-state index in [1.54, 1.807) is 0 Å². The van der Waals surface area contributed by atoms with Crippen molar-refractivity contribution >= 4 is 5.91 Å². The third kappa shape index (κ3) is 8.21. The van der Waals surface area contributed by atoms with Gasteiger partial charge in [0.15, 0.2) is 0 Å². The first-order valence-corrected chi connectivity index (χ1v) is 5.67. The maximum absolute atomic E-state index is 10.8. The van der Waals surface area contributed by atoms with Crippen LogP contribution in [0.25, 0.3) is 0 Å². The lowest BCUT2D eigenvalue weighted by atomic mass is 10.1. The lowest BCUT2D eigenvalue weighted by Gasteiger charge is -2.17. The van der Waals surface area contributed by atoms with E-state index in [0.29, 0.717) is 6.42 Å². The molecule has 1 unspecified atom stereocenters. The van der Waals surface area contributed by atoms with E-state index in [-0.39, 0.29) is 11.8 Å². The fourth-order valence-corrected chi connectivity index (χ4v) is 1.52. The number of amides is 1. The quantitative estimate of drug-likeness (QED) is 0.275. The summed E-state index contributed by atoms with van der Waals surface area (Å²) in [6.45, 7) is 3.69. The summed E-state index contributed by atoms with van der Waals surface area (Å²) in [5.41, 5.74) is 2.11. The molecule has 0 radical (unpaired) electrons. The summed E-state index contributed by atoms with van der Waals surface area (Å²) in [6.07, 6.45) is 3.42. The predicted molar refractivity (Wildman–Crippen MR) is 63.1 cm³/mol. The molecule has 0 aromatic heterocycles. The summed E-state index contributed by atoms with van der Waals surface area (Å²) in [4.78, 5) is 13.0. The number of hydrogen-bond acceptors (Lipinski definition) is 4. The number of nitrogens with two attached hydrogens (primary N) is 1. The molecule has 5 nitrogen and oxygen atoms in total. The van der Waals surface area contributed by atoms with Crippen LogP contribution in [-0.4, -0.2) is 30.9 Å². The molecule has 0 aromatic rings. The van der Waals surface area contributed by atoms with Crippen molar-refractivity contribution in [1.82, 2.24) is 10.3 Å². The normalized spacial score (nSPS) is 12.2. The molecule has 1 atom stereocenters. The number of unbranched alkanes of at least 4 members (excludes halogenated alkanes) is 2. The van der Waals surface area contributed by atoms with Crippen molar-refractivity contribution in [3.05, 3.63) is 0 Å². The maximum atomic E-state index is 10.8. The second kappa shape index (κ2) is 9.13. The van der Waals surface area contributed by atoms with Gasteiger partial charge in [0.25, 0.3) is 0 Å². The van der Waals surface area contributed by atoms with Crippen molar-refractivity contribution in [2.45, 2.75) is 32.6 Å². The molecule has 3 N–H and O–H groups in total. The minimum atomic E-state index is -0.105. The second-order valence-electron chi connectivity index (χ2n) is 4.17. The molecule has 0 bridgehead atoms. The molecule has 0 saturated carbocycles. The third-order valence-corrected chi connectivity index (χ3v) is 2.41. The van der Waals surface area contributed by atoms with Gasteiger partial charge in [0.05, 0.1) is 12.0 Å². The van der Waals surface area contributed by atoms with Gasteiger partial charge in [-0.05, 0) is 33.4 Å². The van der Waals surface area contributed by atoms with E-state index in [2.05, 4.69) is 16.4 Å². The van der Waals surface area contributed by atoms with Crippen molar-refractivity contribution in [2.75, 3.05) is 20.1 Å². The number of rotatable bonds is 8. The smallest absolute Gasteiger partial charge is 0.233 e. The maximum Gasteiger partial charge on any atom is 0.233 e. The van der Waals surface area contributed by atoms with Gasteiger partial charge in [-0.25, -0.2) is 5.84 Å². The minimum absolute atomic E-state index is 0.0769. The van der Waals surface area contributed by atoms with Crippen molar-refractivity contribution in [2.24, 2.45) is 11.8 Å². The molecule has 0 aliphatic carbocycles. The van der Waals surface area contributed by atoms with Gasteiger partial charge in [0, 0.05) is 13.0 Å². The minimum Gasteiger partial charge on any atom is -0.305 e. The summed E-state index contributed by atoms with van der Waals surface area (Å²) in [5, 5.41) is 8.65. The fraction of sp³-hybridized carbons (Fsp3) is 0.818. The number of nitrogens with one attached hydrogen (secondary N) is 1. The highest BCUT2D eigenvalue weighted by Gasteiger charge is 2.04. The predicted octanol–water partition coefficient (Wildman–Crippen LogP) is 0.628. The molecule has 0 heterocycles. The van der Waals surface area contributed by atoms with Crippen LogP contribution in [-0.2, 0) is 4.79 Å². The zero-order valence-electron chi connectivity index (χ0n) is 10.2. The Labute approximate surface area is 97.6 Å². The number of hydrazine groups is 1. The molecule has 0 aliphatic rings. The number of carbonyl (C=O) groups excluding carboxylic acids is 1. The SMILES string of the molecule is CC(C#N)CN(C)CCCCCC(=O)NN. The summed E-state index contributed by atoms with van der Waals surface area (Å²) >= 11 is 0. The largest absolute Gasteiger partial charge is 0.305 e. The molecule has 0 spiro atoms. The average Bonchev–Trinajstić information content (AvgIpc) is 2.27. The molecule has 16 heavy (non-hydrogen) atoms. The van der Waals surface area contributed by atoms with Crippen LogP contribution < -0.4 is 11.3 Å². The van der Waals surface area contributed by atoms with E-state index >= 15 is 0 Å². The highest BCUT2D eigenvalue weighted by Crippen LogP contribution is 2.02. The highest BCUT2D eigenvalue weighted by atomic mass is 16.2. The van der Waals surface area contributed by atoms with Gasteiger partial charge in [-0.15, -0.1) is 0 Å². The Hall–Kier alpha value is -1.12. The summed E-state index contributed by atoms with van der Waals surface area (Å²) in [5.74, 6) is 4.94. The van der Waals surface area contributed by atoms with Gasteiger partial charge < -0.3 is 4.90 Å². The van der Waals surface area contributed by atoms with E-state index < -0.39 is 0 Å². The number of nitrogens with zero attached hydrogens (tertiary/aromatic N) is 2. The first kappa shape index (κ1) is 14.9. The lowest BCUT2D eigenvalue weighted by Crippen LogP contribution is -2.29. The Balaban J connectivity index is 3.38. The standard InChI is InChI=1S/C11H22N4O/c1-10(8-12)9-15(2)7-5-3-4-6-11(16)14-13/h10H,3-7,9,13H2,1-2H3,(H,14,16). The zero-order valence-corrected chi connectivity index (χ0v) is 10.2. The van der Waals surface area contributed by atoms with Crippen LogP contribution in [0, 0.1) is 17.2 Å². The highest BCUT2D eigenvalue weighted by molar-refractivity contribution is 5.74. The molecule has 0 rings (SSSR count). The first-order chi connectivity index (χ1) is 7.60. The molecule has 0 aliphatic heterocycles. The Bertz CT molecular complexity index is 237. The van der Waals surface area contributed by atoms with Crippen molar-refractivity contribution < 1.29 is 4.79 Å². The lowest BCUT2D eigenvalue weighted by molar-refractivity contribution is -0.121. The van der Waals surface area contributed by atoms with Gasteiger partial charge >= 0.3 is 0 Å². The topological polar surface area (TPSA) is 82.2 Å². The first-order valence-electron chi connectivity index (χ1n) is 5.67. The van der Waals surface area contributed by atoms with Gasteiger partial charge in [-0.3, -0.25) is 10.2 Å². The molecular formula is C11H22N4O. The Kier molecular flexibility index (Phi) is 8.49. The second-order valence-corrected chi connectivity index (χ2v) is 4.17. The fourth-order valence-electron chi connectivity index (χ4n) is 1.52. The zero-order chi connectivity index (χ0) is 12.4. The van der Waals surface area contributed by atoms with Crippen LogP contribution in [0.2, 0.25) is 0 Å². The van der Waals surface area contributed by atoms with Crippen LogP contribution in [0.5, 0.6) is 0 Å². The molecule has 92 valence electrons. The molecule has 0 aromatic carbocycles. The van der Waals surface area contributed by atoms with Crippen LogP contribution in [0.3, 0.4) is 0 Å². The van der Waals surface area contributed by atoms with Crippen LogP contribution >= 0.6 is 0 Å². The van der Waals surface area contributed by atoms with E-state index in [0.717, 1.165) is 32.4 Å². The monoisotopic (exact) mass is 226 g/mol. The summed E-state index contributed by atoms with van der Waals surface area (Å²) in [7, 11) is 2.01. The Morgan fingerprint density at radius 3 is 2.75 bits per heavy atom. The van der Waals surface area contributed by atoms with Gasteiger partial charge in [-0.2, -0.15) is 5.26 Å². The van der Waals surface area contributed by atoms with Crippen LogP contribution in [0.1, 0.15) is 32.6 Å². The van der Waals surface area contributed by atoms with E-state index in [1.165, 1.54) is 0 Å². The van der Waals surface area contributed by atoms with Gasteiger partial charge in [0.1, 0.15) is 0 Å². The van der Waals surface area contributed by atoms with Crippen LogP contribution in [0.4, 0.5) is 0 Å². The van der Waals surface area contributed by atoms with Crippen molar-refractivity contribution in [3.8, 4) is 6.07 Å². The van der Waals surface area contributed by atoms with Crippen molar-refractivity contribution in [3.63, 3.8) is 0 Å². The molecule has 5 heteroatoms. The summed E-state index contributed by atoms with van der Waals surface area (Å²) in [6, 6.07) is 2.21. The number of nitriles is 1. The number of hydrogen-bond donors (Lipinski definition) is 2. The van der Waals surface area contributed by atoms with E-state index in [1.807, 2.05) is 14.0 Å². The average molecular weight is 226 g/mol. The Morgan fingerprint density at radius 2 is 2.19 bits per heavy atom. The van der Waals surface area contributed by atoms with E-state index in [9.17, 15) is 4.79 Å². The number of carbonyl (C=O) groups is 1. The Morgan fingerprint density at radius 1 is 1.50 bits per heavy atom. The molecule has 1 amide bonds. The van der Waals surface area contributed by atoms with E-state index in [4.69, 9.17) is 11.1 Å². The molecular weight excluding hydrogens is 204 g/mol. The molecule has 0 saturated heterocycles. The van der Waals surface area contributed by atoms with Crippen molar-refractivity contribution in [1.29, 1.82) is 5.26 Å². The molecule has 0 fully saturated rings. The summed E-state index contributed by atoms with van der Waals surface area (Å²) < 4.78 is 0. The van der Waals surface area contributed by atoms with Crippen LogP contribution in [0.15, 0.2) is 0 Å². The van der Waals surface area contributed by atoms with Gasteiger partial charge in [0.2, 0.25) is 5.91 Å². The van der Waals surface area contributed by atoms with Gasteiger partial charge in [-0.1, -0.05) is 6.42 Å². The third-order valence-electron chi connectivity index (χ3n) is 2.41.